The highest BCUT2D eigenvalue weighted by Crippen LogP contribution is 2.34. The summed E-state index contributed by atoms with van der Waals surface area (Å²) in [5.74, 6) is 1.48. The number of methoxy groups -OCH3 is 1. The van der Waals surface area contributed by atoms with Gasteiger partial charge in [-0.15, -0.1) is 0 Å². The maximum absolute atomic E-state index is 5.47. The fourth-order valence-corrected chi connectivity index (χ4v) is 1.48. The van der Waals surface area contributed by atoms with Gasteiger partial charge in [-0.25, -0.2) is 0 Å². The highest BCUT2D eigenvalue weighted by atomic mass is 79.9. The molecule has 1 unspecified atom stereocenters. The summed E-state index contributed by atoms with van der Waals surface area (Å²) < 4.78 is 16.9. The van der Waals surface area contributed by atoms with E-state index in [0.717, 1.165) is 16.0 Å². The molecular weight excluding hydrogens is 236 g/mol. The normalized spacial score (nSPS) is 20.0. The van der Waals surface area contributed by atoms with Crippen molar-refractivity contribution < 1.29 is 14.2 Å². The molecule has 0 amide bonds. The molecule has 4 heteroatoms. The Balaban J connectivity index is 2.26. The molecule has 0 aromatic heterocycles. The maximum Gasteiger partial charge on any atom is 0.234 e. The van der Waals surface area contributed by atoms with Crippen LogP contribution in [0.4, 0.5) is 0 Å². The molecule has 1 heterocycles. The van der Waals surface area contributed by atoms with Crippen LogP contribution in [0.5, 0.6) is 11.5 Å². The Bertz CT molecular complexity index is 314. The van der Waals surface area contributed by atoms with Gasteiger partial charge < -0.3 is 14.2 Å². The van der Waals surface area contributed by atoms with E-state index in [1.54, 1.807) is 7.11 Å². The second-order valence-electron chi connectivity index (χ2n) is 2.69. The van der Waals surface area contributed by atoms with Gasteiger partial charge in [0, 0.05) is 11.6 Å². The van der Waals surface area contributed by atoms with E-state index in [1.807, 2.05) is 18.2 Å². The Kier molecular flexibility index (Phi) is 2.42. The van der Waals surface area contributed by atoms with Crippen LogP contribution in [0.25, 0.3) is 0 Å². The molecule has 1 aromatic rings. The molecule has 3 nitrogen and oxygen atoms in total. The van der Waals surface area contributed by atoms with E-state index in [4.69, 9.17) is 14.2 Å². The summed E-state index contributed by atoms with van der Waals surface area (Å²) in [5.41, 5.74) is 0. The third kappa shape index (κ3) is 1.78. The minimum Gasteiger partial charge on any atom is -0.483 e. The first-order chi connectivity index (χ1) is 6.29. The molecule has 0 saturated carbocycles. The Morgan fingerprint density at radius 1 is 1.46 bits per heavy atom. The Morgan fingerprint density at radius 3 is 3.08 bits per heavy atom. The first-order valence-electron chi connectivity index (χ1n) is 3.91. The topological polar surface area (TPSA) is 27.7 Å². The largest absolute Gasteiger partial charge is 0.483 e. The standard InChI is InChI=1S/C9H9BrO3/c1-11-9-5-12-8-4-6(10)2-3-7(8)13-9/h2-4,9H,5H2,1H3. The summed E-state index contributed by atoms with van der Waals surface area (Å²) in [5, 5.41) is 0. The third-order valence-electron chi connectivity index (χ3n) is 1.80. The average Bonchev–Trinajstić information content (AvgIpc) is 2.17. The molecular formula is C9H9BrO3. The van der Waals surface area contributed by atoms with Gasteiger partial charge in [-0.2, -0.15) is 0 Å². The lowest BCUT2D eigenvalue weighted by Crippen LogP contribution is -2.30. The average molecular weight is 245 g/mol. The van der Waals surface area contributed by atoms with Crippen LogP contribution in [0.3, 0.4) is 0 Å². The second-order valence-corrected chi connectivity index (χ2v) is 3.60. The van der Waals surface area contributed by atoms with Gasteiger partial charge in [-0.1, -0.05) is 15.9 Å². The molecule has 0 aliphatic carbocycles. The minimum atomic E-state index is -0.298. The quantitative estimate of drug-likeness (QED) is 0.759. The summed E-state index contributed by atoms with van der Waals surface area (Å²) >= 11 is 3.36. The molecule has 1 atom stereocenters. The fraction of sp³-hybridized carbons (Fsp3) is 0.333. The predicted octanol–water partition coefficient (Wildman–Crippen LogP) is 2.19. The summed E-state index contributed by atoms with van der Waals surface area (Å²) in [7, 11) is 1.60. The van der Waals surface area contributed by atoms with Gasteiger partial charge in [-0.3, -0.25) is 0 Å². The summed E-state index contributed by atoms with van der Waals surface area (Å²) in [6.45, 7) is 0.431. The molecule has 0 fully saturated rings. The lowest BCUT2D eigenvalue weighted by atomic mass is 10.3. The van der Waals surface area contributed by atoms with Crippen LogP contribution in [-0.2, 0) is 4.74 Å². The molecule has 0 radical (unpaired) electrons. The number of rotatable bonds is 1. The van der Waals surface area contributed by atoms with Crippen molar-refractivity contribution in [1.29, 1.82) is 0 Å². The third-order valence-corrected chi connectivity index (χ3v) is 2.30. The van der Waals surface area contributed by atoms with Crippen molar-refractivity contribution in [1.82, 2.24) is 0 Å². The molecule has 1 aliphatic rings. The van der Waals surface area contributed by atoms with E-state index >= 15 is 0 Å². The van der Waals surface area contributed by atoms with Gasteiger partial charge in [0.15, 0.2) is 18.1 Å². The zero-order valence-corrected chi connectivity index (χ0v) is 8.71. The Labute approximate surface area is 84.7 Å². The van der Waals surface area contributed by atoms with E-state index in [2.05, 4.69) is 15.9 Å². The Morgan fingerprint density at radius 2 is 2.31 bits per heavy atom. The highest BCUT2D eigenvalue weighted by Gasteiger charge is 2.19. The summed E-state index contributed by atoms with van der Waals surface area (Å²) in [6, 6.07) is 5.63. The molecule has 70 valence electrons. The van der Waals surface area contributed by atoms with Crippen molar-refractivity contribution in [3.63, 3.8) is 0 Å². The number of halogens is 1. The lowest BCUT2D eigenvalue weighted by molar-refractivity contribution is -0.0943. The number of hydrogen-bond acceptors (Lipinski definition) is 3. The monoisotopic (exact) mass is 244 g/mol. The molecule has 1 aliphatic heterocycles. The SMILES string of the molecule is COC1COc2cc(Br)ccc2O1. The first kappa shape index (κ1) is 8.84. The second kappa shape index (κ2) is 3.55. The number of ether oxygens (including phenoxy) is 3. The van der Waals surface area contributed by atoms with Gasteiger partial charge in [-0.05, 0) is 18.2 Å². The maximum atomic E-state index is 5.47. The van der Waals surface area contributed by atoms with Crippen molar-refractivity contribution in [3.8, 4) is 11.5 Å². The zero-order valence-electron chi connectivity index (χ0n) is 7.12. The van der Waals surface area contributed by atoms with Crippen LogP contribution >= 0.6 is 15.9 Å². The number of hydrogen-bond donors (Lipinski definition) is 0. The van der Waals surface area contributed by atoms with Gasteiger partial charge >= 0.3 is 0 Å². The lowest BCUT2D eigenvalue weighted by Gasteiger charge is -2.25. The van der Waals surface area contributed by atoms with Gasteiger partial charge in [0.25, 0.3) is 0 Å². The van der Waals surface area contributed by atoms with E-state index < -0.39 is 0 Å². The summed E-state index contributed by atoms with van der Waals surface area (Å²) in [4.78, 5) is 0. The van der Waals surface area contributed by atoms with Gasteiger partial charge in [0.1, 0.15) is 0 Å². The van der Waals surface area contributed by atoms with Crippen molar-refractivity contribution >= 4 is 15.9 Å². The molecule has 1 aromatic carbocycles. The van der Waals surface area contributed by atoms with Crippen LogP contribution in [0.2, 0.25) is 0 Å². The first-order valence-corrected chi connectivity index (χ1v) is 4.70. The van der Waals surface area contributed by atoms with Crippen LogP contribution in [0, 0.1) is 0 Å². The van der Waals surface area contributed by atoms with Crippen molar-refractivity contribution in [3.05, 3.63) is 22.7 Å². The van der Waals surface area contributed by atoms with Crippen LogP contribution in [0.1, 0.15) is 0 Å². The molecule has 13 heavy (non-hydrogen) atoms. The number of benzene rings is 1. The number of fused-ring (bicyclic) bond motifs is 1. The minimum absolute atomic E-state index is 0.298. The predicted molar refractivity (Wildman–Crippen MR) is 51.1 cm³/mol. The van der Waals surface area contributed by atoms with Crippen LogP contribution in [-0.4, -0.2) is 20.0 Å². The van der Waals surface area contributed by atoms with Crippen molar-refractivity contribution in [2.45, 2.75) is 6.29 Å². The van der Waals surface area contributed by atoms with Crippen molar-refractivity contribution in [2.75, 3.05) is 13.7 Å². The van der Waals surface area contributed by atoms with Crippen LogP contribution in [0.15, 0.2) is 22.7 Å². The van der Waals surface area contributed by atoms with Gasteiger partial charge in [0.05, 0.1) is 0 Å². The zero-order chi connectivity index (χ0) is 9.26. The van der Waals surface area contributed by atoms with Crippen LogP contribution < -0.4 is 9.47 Å². The van der Waals surface area contributed by atoms with E-state index in [-0.39, 0.29) is 6.29 Å². The molecule has 0 spiro atoms. The summed E-state index contributed by atoms with van der Waals surface area (Å²) in [6.07, 6.45) is -0.298. The molecule has 0 bridgehead atoms. The van der Waals surface area contributed by atoms with E-state index in [9.17, 15) is 0 Å². The van der Waals surface area contributed by atoms with E-state index in [0.29, 0.717) is 6.61 Å². The van der Waals surface area contributed by atoms with Crippen molar-refractivity contribution in [2.24, 2.45) is 0 Å². The molecule has 0 saturated heterocycles. The van der Waals surface area contributed by atoms with Gasteiger partial charge in [0.2, 0.25) is 6.29 Å². The fourth-order valence-electron chi connectivity index (χ4n) is 1.14. The molecule has 2 rings (SSSR count). The Hall–Kier alpha value is -0.740. The van der Waals surface area contributed by atoms with E-state index in [1.165, 1.54) is 0 Å². The highest BCUT2D eigenvalue weighted by molar-refractivity contribution is 9.10. The smallest absolute Gasteiger partial charge is 0.234 e. The molecule has 0 N–H and O–H groups in total.